The van der Waals surface area contributed by atoms with Crippen LogP contribution in [-0.4, -0.2) is 36.6 Å². The molecule has 26 heavy (non-hydrogen) atoms. The quantitative estimate of drug-likeness (QED) is 0.565. The number of primary amides is 1. The minimum Gasteiger partial charge on any atom is -0.481 e. The molecule has 0 fully saturated rings. The second-order valence-corrected chi connectivity index (χ2v) is 5.50. The maximum absolute atomic E-state index is 13.5. The Kier molecular flexibility index (Phi) is 3.89. The van der Waals surface area contributed by atoms with Crippen molar-refractivity contribution >= 4 is 28.6 Å². The number of carbonyl (C=O) groups excluding carboxylic acids is 1. The molecule has 12 heteroatoms. The molecule has 9 nitrogen and oxygen atoms in total. The van der Waals surface area contributed by atoms with Gasteiger partial charge in [-0.2, -0.15) is 13.2 Å². The van der Waals surface area contributed by atoms with Crippen LogP contribution in [-0.2, 0) is 22.2 Å². The number of benzene rings is 1. The number of carboxylic acids is 1. The molecule has 136 valence electrons. The highest BCUT2D eigenvalue weighted by atomic mass is 19.4. The van der Waals surface area contributed by atoms with E-state index in [1.807, 2.05) is 0 Å². The van der Waals surface area contributed by atoms with Gasteiger partial charge >= 0.3 is 12.1 Å². The lowest BCUT2D eigenvalue weighted by atomic mass is 9.94. The van der Waals surface area contributed by atoms with Gasteiger partial charge in [-0.1, -0.05) is 0 Å². The molecule has 4 N–H and O–H groups in total. The molecule has 2 heterocycles. The van der Waals surface area contributed by atoms with Gasteiger partial charge in [0.1, 0.15) is 12.2 Å². The van der Waals surface area contributed by atoms with E-state index in [2.05, 4.69) is 15.2 Å². The number of hydrogen-bond donors (Lipinski definition) is 3. The molecule has 3 aromatic rings. The first-order valence-electron chi connectivity index (χ1n) is 7.07. The molecule has 1 amide bonds. The Labute approximate surface area is 141 Å². The highest BCUT2D eigenvalue weighted by Crippen LogP contribution is 2.35. The van der Waals surface area contributed by atoms with Crippen LogP contribution in [0.5, 0.6) is 0 Å². The van der Waals surface area contributed by atoms with E-state index in [1.54, 1.807) is 0 Å². The van der Waals surface area contributed by atoms with Gasteiger partial charge in [-0.25, -0.2) is 0 Å². The molecule has 0 aliphatic heterocycles. The van der Waals surface area contributed by atoms with Crippen LogP contribution in [0.25, 0.3) is 16.7 Å². The van der Waals surface area contributed by atoms with Crippen LogP contribution in [0.3, 0.4) is 0 Å². The maximum atomic E-state index is 13.5. The molecule has 1 atom stereocenters. The summed E-state index contributed by atoms with van der Waals surface area (Å²) in [7, 11) is 0. The number of H-pyrrole nitrogens is 1. The van der Waals surface area contributed by atoms with Crippen LogP contribution in [0.4, 0.5) is 13.2 Å². The summed E-state index contributed by atoms with van der Waals surface area (Å²) in [4.78, 5) is 36.6. The van der Waals surface area contributed by atoms with E-state index in [1.165, 1.54) is 0 Å². The number of nitrogens with two attached hydrogens (primary N) is 1. The third kappa shape index (κ3) is 2.85. The second kappa shape index (κ2) is 5.82. The zero-order chi connectivity index (χ0) is 19.2. The SMILES string of the molecule is NC(=O)C(Cc1cc2[nH]c(=O)c3nncn3c2cc1C(F)(F)F)C(=O)O. The molecule has 0 radical (unpaired) electrons. The van der Waals surface area contributed by atoms with E-state index in [0.717, 1.165) is 22.9 Å². The van der Waals surface area contributed by atoms with Crippen molar-refractivity contribution in [3.63, 3.8) is 0 Å². The number of aliphatic carboxylic acids is 1. The number of hydrogen-bond acceptors (Lipinski definition) is 5. The fourth-order valence-corrected chi connectivity index (χ4v) is 2.64. The van der Waals surface area contributed by atoms with Crippen molar-refractivity contribution in [1.29, 1.82) is 0 Å². The summed E-state index contributed by atoms with van der Waals surface area (Å²) in [5.41, 5.74) is 2.40. The monoisotopic (exact) mass is 369 g/mol. The lowest BCUT2D eigenvalue weighted by molar-refractivity contribution is -0.147. The predicted octanol–water partition coefficient (Wildman–Crippen LogP) is 0.318. The fourth-order valence-electron chi connectivity index (χ4n) is 2.64. The van der Waals surface area contributed by atoms with Gasteiger partial charge in [-0.3, -0.25) is 18.8 Å². The van der Waals surface area contributed by atoms with E-state index in [0.29, 0.717) is 0 Å². The number of nitrogens with one attached hydrogen (secondary N) is 1. The molecule has 2 aromatic heterocycles. The third-order valence-corrected chi connectivity index (χ3v) is 3.85. The molecular weight excluding hydrogens is 359 g/mol. The van der Waals surface area contributed by atoms with Crippen LogP contribution >= 0.6 is 0 Å². The van der Waals surface area contributed by atoms with Crippen LogP contribution in [0, 0.1) is 5.92 Å². The summed E-state index contributed by atoms with van der Waals surface area (Å²) < 4.78 is 41.5. The number of halogens is 3. The number of nitrogens with zero attached hydrogens (tertiary/aromatic N) is 3. The number of aromatic amines is 1. The molecule has 0 spiro atoms. The predicted molar refractivity (Wildman–Crippen MR) is 80.1 cm³/mol. The molecule has 0 aliphatic carbocycles. The number of amides is 1. The van der Waals surface area contributed by atoms with E-state index in [9.17, 15) is 27.6 Å². The van der Waals surface area contributed by atoms with Gasteiger partial charge in [0.25, 0.3) is 5.56 Å². The summed E-state index contributed by atoms with van der Waals surface area (Å²) in [6, 6.07) is 1.70. The molecular formula is C14H10F3N5O4. The topological polar surface area (TPSA) is 143 Å². The van der Waals surface area contributed by atoms with Crippen molar-refractivity contribution < 1.29 is 27.9 Å². The van der Waals surface area contributed by atoms with Crippen molar-refractivity contribution in [1.82, 2.24) is 19.6 Å². The van der Waals surface area contributed by atoms with Crippen molar-refractivity contribution in [2.24, 2.45) is 11.7 Å². The maximum Gasteiger partial charge on any atom is 0.416 e. The fraction of sp³-hybridized carbons (Fsp3) is 0.214. The van der Waals surface area contributed by atoms with Crippen molar-refractivity contribution in [2.75, 3.05) is 0 Å². The van der Waals surface area contributed by atoms with Crippen molar-refractivity contribution in [3.8, 4) is 0 Å². The highest BCUT2D eigenvalue weighted by molar-refractivity contribution is 5.96. The summed E-state index contributed by atoms with van der Waals surface area (Å²) in [6.07, 6.45) is -4.53. The summed E-state index contributed by atoms with van der Waals surface area (Å²) in [5, 5.41) is 16.0. The minimum absolute atomic E-state index is 0.00101. The van der Waals surface area contributed by atoms with Gasteiger partial charge in [-0.05, 0) is 24.1 Å². The Morgan fingerprint density at radius 1 is 1.35 bits per heavy atom. The Bertz CT molecular complexity index is 1090. The molecule has 3 rings (SSSR count). The second-order valence-electron chi connectivity index (χ2n) is 5.50. The minimum atomic E-state index is -4.83. The van der Waals surface area contributed by atoms with E-state index >= 15 is 0 Å². The zero-order valence-electron chi connectivity index (χ0n) is 12.7. The van der Waals surface area contributed by atoms with E-state index < -0.39 is 47.1 Å². The van der Waals surface area contributed by atoms with Crippen LogP contribution in [0.1, 0.15) is 11.1 Å². The van der Waals surface area contributed by atoms with Gasteiger partial charge in [0.2, 0.25) is 11.6 Å². The van der Waals surface area contributed by atoms with Gasteiger partial charge in [0.05, 0.1) is 16.6 Å². The molecule has 0 saturated carbocycles. The Morgan fingerprint density at radius 3 is 2.62 bits per heavy atom. The smallest absolute Gasteiger partial charge is 0.416 e. The van der Waals surface area contributed by atoms with Crippen molar-refractivity contribution in [2.45, 2.75) is 12.6 Å². The third-order valence-electron chi connectivity index (χ3n) is 3.85. The number of carbonyl (C=O) groups is 2. The number of carboxylic acid groups (broad SMARTS) is 1. The molecule has 0 saturated heterocycles. The molecule has 1 unspecified atom stereocenters. The Balaban J connectivity index is 2.30. The number of rotatable bonds is 4. The van der Waals surface area contributed by atoms with E-state index in [4.69, 9.17) is 10.8 Å². The first kappa shape index (κ1) is 17.4. The normalized spacial score (nSPS) is 13.2. The zero-order valence-corrected chi connectivity index (χ0v) is 12.7. The highest BCUT2D eigenvalue weighted by Gasteiger charge is 2.36. The molecule has 1 aromatic carbocycles. The average Bonchev–Trinajstić information content (AvgIpc) is 3.00. The van der Waals surface area contributed by atoms with Gasteiger partial charge < -0.3 is 15.8 Å². The number of aromatic nitrogens is 4. The number of alkyl halides is 3. The molecule has 0 bridgehead atoms. The average molecular weight is 369 g/mol. The van der Waals surface area contributed by atoms with Gasteiger partial charge in [-0.15, -0.1) is 10.2 Å². The first-order chi connectivity index (χ1) is 12.1. The lowest BCUT2D eigenvalue weighted by Crippen LogP contribution is -2.32. The summed E-state index contributed by atoms with van der Waals surface area (Å²) in [5.74, 6) is -4.76. The largest absolute Gasteiger partial charge is 0.481 e. The Morgan fingerprint density at radius 2 is 2.04 bits per heavy atom. The standard InChI is InChI=1S/C14H10F3N5O4/c15-14(16,17)7-3-9-8(20-12(24)11-21-19-4-22(9)11)2-5(7)1-6(10(18)23)13(25)26/h2-4,6H,1H2,(H2,18,23)(H,20,24)(H,25,26). The van der Waals surface area contributed by atoms with Crippen LogP contribution < -0.4 is 11.3 Å². The van der Waals surface area contributed by atoms with Crippen LogP contribution in [0.2, 0.25) is 0 Å². The van der Waals surface area contributed by atoms with Gasteiger partial charge in [0, 0.05) is 0 Å². The number of fused-ring (bicyclic) bond motifs is 3. The summed E-state index contributed by atoms with van der Waals surface area (Å²) in [6.45, 7) is 0. The lowest BCUT2D eigenvalue weighted by Gasteiger charge is -2.16. The summed E-state index contributed by atoms with van der Waals surface area (Å²) >= 11 is 0. The first-order valence-corrected chi connectivity index (χ1v) is 7.07. The van der Waals surface area contributed by atoms with E-state index in [-0.39, 0.29) is 16.7 Å². The van der Waals surface area contributed by atoms with Crippen molar-refractivity contribution in [3.05, 3.63) is 39.9 Å². The van der Waals surface area contributed by atoms with Gasteiger partial charge in [0.15, 0.2) is 0 Å². The van der Waals surface area contributed by atoms with Crippen LogP contribution in [0.15, 0.2) is 23.3 Å². The Hall–Kier alpha value is -3.44. The molecule has 0 aliphatic rings.